The van der Waals surface area contributed by atoms with Gasteiger partial charge in [-0.15, -0.1) is 18.3 Å². The second-order valence-corrected chi connectivity index (χ2v) is 8.81. The van der Waals surface area contributed by atoms with Crippen molar-refractivity contribution >= 4 is 35.5 Å². The lowest BCUT2D eigenvalue weighted by Crippen LogP contribution is -2.56. The van der Waals surface area contributed by atoms with Gasteiger partial charge in [0.25, 0.3) is 0 Å². The zero-order valence-corrected chi connectivity index (χ0v) is 22.0. The lowest BCUT2D eigenvalue weighted by Gasteiger charge is -2.40. The van der Waals surface area contributed by atoms with Crippen LogP contribution in [-0.4, -0.2) is 81.3 Å². The van der Waals surface area contributed by atoms with E-state index in [4.69, 9.17) is 25.4 Å². The number of amidine groups is 1. The van der Waals surface area contributed by atoms with E-state index in [-0.39, 0.29) is 43.1 Å². The monoisotopic (exact) mass is 533 g/mol. The van der Waals surface area contributed by atoms with Gasteiger partial charge in [0.15, 0.2) is 5.70 Å². The minimum Gasteiger partial charge on any atom is -0.467 e. The molecule has 1 aromatic rings. The largest absolute Gasteiger partial charge is 0.467 e. The van der Waals surface area contributed by atoms with Gasteiger partial charge < -0.3 is 23.8 Å². The van der Waals surface area contributed by atoms with Crippen LogP contribution in [0.25, 0.3) is 0 Å². The molecule has 1 spiro atoms. The Hall–Kier alpha value is -4.77. The van der Waals surface area contributed by atoms with Crippen molar-refractivity contribution < 1.29 is 38.1 Å². The Balaban J connectivity index is 2.07. The maximum atomic E-state index is 13.5. The maximum absolute atomic E-state index is 13.5. The number of amides is 1. The molecular weight excluding hydrogens is 506 g/mol. The second kappa shape index (κ2) is 10.9. The zero-order chi connectivity index (χ0) is 28.3. The van der Waals surface area contributed by atoms with E-state index in [9.17, 15) is 19.2 Å². The number of fused-ring (bicyclic) bond motifs is 1. The molecule has 4 rings (SSSR count). The number of carbonyl (C=O) groups excluding carboxylic acids is 4. The van der Waals surface area contributed by atoms with Gasteiger partial charge in [-0.3, -0.25) is 0 Å². The van der Waals surface area contributed by atoms with E-state index in [1.807, 2.05) is 23.1 Å². The molecule has 3 aliphatic heterocycles. The van der Waals surface area contributed by atoms with Crippen molar-refractivity contribution in [2.75, 3.05) is 39.4 Å². The van der Waals surface area contributed by atoms with Gasteiger partial charge in [-0.05, 0) is 25.0 Å². The van der Waals surface area contributed by atoms with Crippen LogP contribution in [0.15, 0.2) is 40.5 Å². The molecule has 202 valence electrons. The number of anilines is 1. The van der Waals surface area contributed by atoms with Crippen molar-refractivity contribution in [1.29, 1.82) is 0 Å². The SMILES string of the molecule is C#CCCOC(=O)N1C2=NC(C(=O)OC)=C(C(=O)OC)[C@@H]3N(CC#CC)c4ccccc4[C@]23C[C@H]1C(=O)OC. The molecular formula is C28H27N3O8. The second-order valence-electron chi connectivity index (χ2n) is 8.81. The highest BCUT2D eigenvalue weighted by atomic mass is 16.6. The molecule has 1 saturated heterocycles. The van der Waals surface area contributed by atoms with Crippen molar-refractivity contribution in [1.82, 2.24) is 4.90 Å². The van der Waals surface area contributed by atoms with Crippen molar-refractivity contribution in [3.63, 3.8) is 0 Å². The third kappa shape index (κ3) is 4.16. The maximum Gasteiger partial charge on any atom is 0.416 e. The summed E-state index contributed by atoms with van der Waals surface area (Å²) in [5.41, 5.74) is -0.305. The Labute approximate surface area is 225 Å². The number of hydrogen-bond acceptors (Lipinski definition) is 10. The van der Waals surface area contributed by atoms with Crippen molar-refractivity contribution in [2.45, 2.75) is 37.3 Å². The summed E-state index contributed by atoms with van der Waals surface area (Å²) in [6, 6.07) is 5.17. The summed E-state index contributed by atoms with van der Waals surface area (Å²) < 4.78 is 20.5. The van der Waals surface area contributed by atoms with E-state index in [2.05, 4.69) is 22.8 Å². The van der Waals surface area contributed by atoms with Crippen LogP contribution in [-0.2, 0) is 38.7 Å². The summed E-state index contributed by atoms with van der Waals surface area (Å²) >= 11 is 0. The van der Waals surface area contributed by atoms with Crippen LogP contribution in [0.4, 0.5) is 10.5 Å². The van der Waals surface area contributed by atoms with E-state index in [1.54, 1.807) is 13.0 Å². The highest BCUT2D eigenvalue weighted by Gasteiger charge is 2.68. The number of hydrogen-bond donors (Lipinski definition) is 0. The number of methoxy groups -OCH3 is 3. The Morgan fingerprint density at radius 2 is 1.82 bits per heavy atom. The van der Waals surface area contributed by atoms with Gasteiger partial charge in [0.2, 0.25) is 0 Å². The van der Waals surface area contributed by atoms with Crippen LogP contribution >= 0.6 is 0 Å². The van der Waals surface area contributed by atoms with Crippen LogP contribution < -0.4 is 4.90 Å². The van der Waals surface area contributed by atoms with Crippen LogP contribution in [0.2, 0.25) is 0 Å². The van der Waals surface area contributed by atoms with E-state index in [0.717, 1.165) is 12.0 Å². The van der Waals surface area contributed by atoms with Gasteiger partial charge in [0.05, 0.1) is 44.9 Å². The molecule has 39 heavy (non-hydrogen) atoms. The van der Waals surface area contributed by atoms with Gasteiger partial charge in [0, 0.05) is 12.1 Å². The molecule has 3 aliphatic rings. The summed E-state index contributed by atoms with van der Waals surface area (Å²) in [7, 11) is 3.54. The molecule has 0 unspecified atom stereocenters. The molecule has 0 aliphatic carbocycles. The molecule has 3 heterocycles. The number of rotatable bonds is 6. The quantitative estimate of drug-likeness (QED) is 0.232. The molecule has 0 radical (unpaired) electrons. The van der Waals surface area contributed by atoms with E-state index < -0.39 is 41.5 Å². The number of ether oxygens (including phenoxy) is 4. The van der Waals surface area contributed by atoms with Crippen molar-refractivity contribution in [2.24, 2.45) is 4.99 Å². The first-order valence-electron chi connectivity index (χ1n) is 12.0. The molecule has 1 aromatic carbocycles. The van der Waals surface area contributed by atoms with E-state index >= 15 is 0 Å². The Morgan fingerprint density at radius 1 is 1.10 bits per heavy atom. The molecule has 3 atom stereocenters. The number of carbonyl (C=O) groups is 4. The summed E-state index contributed by atoms with van der Waals surface area (Å²) in [4.78, 5) is 60.4. The number of para-hydroxylation sites is 1. The molecule has 0 aromatic heterocycles. The van der Waals surface area contributed by atoms with E-state index in [0.29, 0.717) is 11.3 Å². The van der Waals surface area contributed by atoms with Gasteiger partial charge in [-0.1, -0.05) is 24.1 Å². The number of likely N-dealkylation sites (tertiary alicyclic amines) is 1. The Bertz CT molecular complexity index is 1400. The topological polar surface area (TPSA) is 124 Å². The highest BCUT2D eigenvalue weighted by Crippen LogP contribution is 2.57. The number of aliphatic imine (C=N–C) groups is 1. The van der Waals surface area contributed by atoms with Crippen LogP contribution in [0.3, 0.4) is 0 Å². The zero-order valence-electron chi connectivity index (χ0n) is 22.0. The third-order valence-electron chi connectivity index (χ3n) is 7.03. The molecule has 11 heteroatoms. The Kier molecular flexibility index (Phi) is 7.63. The smallest absolute Gasteiger partial charge is 0.416 e. The first-order valence-corrected chi connectivity index (χ1v) is 12.0. The number of terminal acetylenes is 1. The van der Waals surface area contributed by atoms with Crippen LogP contribution in [0.1, 0.15) is 25.3 Å². The summed E-state index contributed by atoms with van der Waals surface area (Å²) in [5.74, 6) is 5.85. The van der Waals surface area contributed by atoms with Crippen molar-refractivity contribution in [3.8, 4) is 24.2 Å². The minimum absolute atomic E-state index is 0.0184. The average molecular weight is 534 g/mol. The predicted molar refractivity (Wildman–Crippen MR) is 138 cm³/mol. The normalized spacial score (nSPS) is 22.3. The van der Waals surface area contributed by atoms with Crippen LogP contribution in [0.5, 0.6) is 0 Å². The average Bonchev–Trinajstić information content (AvgIpc) is 3.45. The predicted octanol–water partition coefficient (Wildman–Crippen LogP) is 1.56. The number of nitrogens with zero attached hydrogens (tertiary/aromatic N) is 3. The fourth-order valence-electron chi connectivity index (χ4n) is 5.54. The Morgan fingerprint density at radius 3 is 2.46 bits per heavy atom. The number of esters is 3. The first-order chi connectivity index (χ1) is 18.8. The fourth-order valence-corrected chi connectivity index (χ4v) is 5.54. The summed E-state index contributed by atoms with van der Waals surface area (Å²) in [6.07, 6.45) is 4.53. The van der Waals surface area contributed by atoms with Gasteiger partial charge in [0.1, 0.15) is 18.5 Å². The highest BCUT2D eigenvalue weighted by molar-refractivity contribution is 6.16. The standard InChI is InChI=1S/C28H27N3O8/c1-6-8-14-30-18-13-11-10-12-17(18)28-16-19(23(32)36-3)31(27(35)39-15-9-7-2)26(28)29-21(25(34)38-5)20(22(28)30)24(33)37-4/h2,10-13,19,22H,9,14-16H2,1,3-5H3/t19-,22-,28-/m0/s1. The van der Waals surface area contributed by atoms with Gasteiger partial charge in [-0.2, -0.15) is 0 Å². The lowest BCUT2D eigenvalue weighted by molar-refractivity contribution is -0.144. The molecule has 1 fully saturated rings. The third-order valence-corrected chi connectivity index (χ3v) is 7.03. The molecule has 11 nitrogen and oxygen atoms in total. The fraction of sp³-hybridized carbons (Fsp3) is 0.393. The first kappa shape index (κ1) is 27.3. The minimum atomic E-state index is -1.25. The van der Waals surface area contributed by atoms with Crippen LogP contribution in [0, 0.1) is 24.2 Å². The molecule has 0 saturated carbocycles. The van der Waals surface area contributed by atoms with Gasteiger partial charge >= 0.3 is 24.0 Å². The number of benzene rings is 1. The molecule has 1 amide bonds. The van der Waals surface area contributed by atoms with Crippen molar-refractivity contribution in [3.05, 3.63) is 41.1 Å². The van der Waals surface area contributed by atoms with E-state index in [1.165, 1.54) is 14.2 Å². The molecule has 0 N–H and O–H groups in total. The summed E-state index contributed by atoms with van der Waals surface area (Å²) in [6.45, 7) is 1.74. The van der Waals surface area contributed by atoms with Gasteiger partial charge in [-0.25, -0.2) is 29.1 Å². The molecule has 0 bridgehead atoms. The lowest BCUT2D eigenvalue weighted by atomic mass is 9.69. The summed E-state index contributed by atoms with van der Waals surface area (Å²) in [5, 5.41) is 0.